The summed E-state index contributed by atoms with van der Waals surface area (Å²) in [4.78, 5) is 23.2. The Kier molecular flexibility index (Phi) is 5.03. The van der Waals surface area contributed by atoms with Gasteiger partial charge in [0.1, 0.15) is 6.10 Å². The van der Waals surface area contributed by atoms with Crippen molar-refractivity contribution in [2.45, 2.75) is 50.4 Å². The molecule has 1 amide bonds. The number of hydrogen-bond acceptors (Lipinski definition) is 7. The van der Waals surface area contributed by atoms with Crippen LogP contribution in [0, 0.1) is 0 Å². The molecule has 1 saturated carbocycles. The smallest absolute Gasteiger partial charge is 0.413 e. The Morgan fingerprint density at radius 2 is 2.05 bits per heavy atom. The van der Waals surface area contributed by atoms with Gasteiger partial charge in [0.25, 0.3) is 5.76 Å². The van der Waals surface area contributed by atoms with Crippen molar-refractivity contribution in [3.8, 4) is 0 Å². The molecule has 0 aromatic carbocycles. The molecule has 118 valence electrons. The van der Waals surface area contributed by atoms with Gasteiger partial charge in [-0.1, -0.05) is 19.3 Å². The SMILES string of the molecule is O=C(NC1CCCCC1)OC1=C(O)[C@@H]([C@@H](O)CO)OC1=O. The van der Waals surface area contributed by atoms with Crippen LogP contribution in [0.4, 0.5) is 4.79 Å². The number of aliphatic hydroxyl groups excluding tert-OH is 3. The molecule has 21 heavy (non-hydrogen) atoms. The van der Waals surface area contributed by atoms with E-state index in [2.05, 4.69) is 10.1 Å². The number of aliphatic hydroxyl groups is 3. The van der Waals surface area contributed by atoms with Crippen molar-refractivity contribution >= 4 is 12.1 Å². The number of rotatable bonds is 4. The third-order valence-corrected chi connectivity index (χ3v) is 3.58. The van der Waals surface area contributed by atoms with Gasteiger partial charge in [-0.2, -0.15) is 0 Å². The first kappa shape index (κ1) is 15.6. The van der Waals surface area contributed by atoms with E-state index in [1.54, 1.807) is 0 Å². The lowest BCUT2D eigenvalue weighted by Gasteiger charge is -2.22. The predicted octanol–water partition coefficient (Wildman–Crippen LogP) is 0.0935. The maximum absolute atomic E-state index is 11.7. The lowest BCUT2D eigenvalue weighted by molar-refractivity contribution is -0.147. The number of hydrogen-bond donors (Lipinski definition) is 4. The van der Waals surface area contributed by atoms with Crippen LogP contribution in [0.5, 0.6) is 0 Å². The fourth-order valence-electron chi connectivity index (χ4n) is 2.44. The fraction of sp³-hybridized carbons (Fsp3) is 0.692. The molecule has 8 heteroatoms. The quantitative estimate of drug-likeness (QED) is 0.542. The van der Waals surface area contributed by atoms with Crippen LogP contribution in [-0.4, -0.2) is 52.2 Å². The Balaban J connectivity index is 1.95. The molecule has 0 radical (unpaired) electrons. The zero-order valence-electron chi connectivity index (χ0n) is 11.4. The summed E-state index contributed by atoms with van der Waals surface area (Å²) in [5.41, 5.74) is 0. The summed E-state index contributed by atoms with van der Waals surface area (Å²) in [7, 11) is 0. The Hall–Kier alpha value is -1.80. The summed E-state index contributed by atoms with van der Waals surface area (Å²) in [6.45, 7) is -0.705. The topological polar surface area (TPSA) is 125 Å². The van der Waals surface area contributed by atoms with E-state index in [1.165, 1.54) is 0 Å². The van der Waals surface area contributed by atoms with Gasteiger partial charge in [0, 0.05) is 6.04 Å². The standard InChI is InChI=1S/C13H19NO7/c15-6-8(16)10-9(17)11(12(18)20-10)21-13(19)14-7-4-2-1-3-5-7/h7-8,10,15-17H,1-6H2,(H,14,19)/t8-,10+/m0/s1. The molecule has 0 aromatic heterocycles. The highest BCUT2D eigenvalue weighted by Crippen LogP contribution is 2.24. The first-order valence-electron chi connectivity index (χ1n) is 6.94. The molecule has 1 aliphatic heterocycles. The maximum atomic E-state index is 11.7. The van der Waals surface area contributed by atoms with Crippen molar-refractivity contribution in [3.05, 3.63) is 11.5 Å². The van der Waals surface area contributed by atoms with Gasteiger partial charge >= 0.3 is 12.1 Å². The number of carbonyl (C=O) groups is 2. The molecule has 0 aromatic rings. The van der Waals surface area contributed by atoms with Crippen molar-refractivity contribution < 1.29 is 34.4 Å². The number of cyclic esters (lactones) is 1. The molecule has 1 heterocycles. The Morgan fingerprint density at radius 3 is 2.67 bits per heavy atom. The summed E-state index contributed by atoms with van der Waals surface area (Å²) in [6.07, 6.45) is 1.12. The van der Waals surface area contributed by atoms with Crippen molar-refractivity contribution in [2.24, 2.45) is 0 Å². The minimum Gasteiger partial charge on any atom is -0.505 e. The van der Waals surface area contributed by atoms with Gasteiger partial charge in [-0.05, 0) is 12.8 Å². The van der Waals surface area contributed by atoms with E-state index in [4.69, 9.17) is 9.84 Å². The number of amides is 1. The van der Waals surface area contributed by atoms with Gasteiger partial charge in [0.2, 0.25) is 0 Å². The van der Waals surface area contributed by atoms with E-state index in [9.17, 15) is 19.8 Å². The van der Waals surface area contributed by atoms with Crippen LogP contribution in [-0.2, 0) is 14.3 Å². The fourth-order valence-corrected chi connectivity index (χ4v) is 2.44. The number of alkyl carbamates (subject to hydrolysis) is 1. The molecular formula is C13H19NO7. The van der Waals surface area contributed by atoms with Gasteiger partial charge in [-0.15, -0.1) is 0 Å². The first-order chi connectivity index (χ1) is 10.0. The molecule has 0 saturated heterocycles. The summed E-state index contributed by atoms with van der Waals surface area (Å²) in [5.74, 6) is -2.40. The van der Waals surface area contributed by atoms with E-state index in [-0.39, 0.29) is 6.04 Å². The van der Waals surface area contributed by atoms with Crippen LogP contribution in [0.1, 0.15) is 32.1 Å². The predicted molar refractivity (Wildman–Crippen MR) is 69.1 cm³/mol. The highest BCUT2D eigenvalue weighted by Gasteiger charge is 2.41. The molecule has 2 aliphatic rings. The van der Waals surface area contributed by atoms with Crippen molar-refractivity contribution in [1.29, 1.82) is 0 Å². The van der Waals surface area contributed by atoms with Gasteiger partial charge in [0.15, 0.2) is 11.9 Å². The van der Waals surface area contributed by atoms with Crippen LogP contribution >= 0.6 is 0 Å². The Morgan fingerprint density at radius 1 is 1.38 bits per heavy atom. The third-order valence-electron chi connectivity index (χ3n) is 3.58. The number of carbonyl (C=O) groups excluding carboxylic acids is 2. The van der Waals surface area contributed by atoms with Crippen LogP contribution < -0.4 is 5.32 Å². The first-order valence-corrected chi connectivity index (χ1v) is 6.94. The lowest BCUT2D eigenvalue weighted by atomic mass is 9.96. The highest BCUT2D eigenvalue weighted by molar-refractivity contribution is 5.92. The Bertz CT molecular complexity index is 442. The van der Waals surface area contributed by atoms with Gasteiger partial charge in [-0.25, -0.2) is 9.59 Å². The summed E-state index contributed by atoms with van der Waals surface area (Å²) in [5, 5.41) is 30.5. The second-order valence-electron chi connectivity index (χ2n) is 5.16. The molecule has 4 N–H and O–H groups in total. The van der Waals surface area contributed by atoms with Crippen molar-refractivity contribution in [1.82, 2.24) is 5.32 Å². The van der Waals surface area contributed by atoms with Crippen LogP contribution in [0.3, 0.4) is 0 Å². The average molecular weight is 301 g/mol. The second-order valence-corrected chi connectivity index (χ2v) is 5.16. The molecule has 1 aliphatic carbocycles. The molecule has 8 nitrogen and oxygen atoms in total. The normalized spacial score (nSPS) is 24.7. The molecule has 0 unspecified atom stereocenters. The molecule has 2 atom stereocenters. The monoisotopic (exact) mass is 301 g/mol. The van der Waals surface area contributed by atoms with E-state index < -0.39 is 42.4 Å². The largest absolute Gasteiger partial charge is 0.505 e. The second kappa shape index (κ2) is 6.77. The lowest BCUT2D eigenvalue weighted by Crippen LogP contribution is -2.36. The molecular weight excluding hydrogens is 282 g/mol. The zero-order chi connectivity index (χ0) is 15.4. The van der Waals surface area contributed by atoms with E-state index in [1.807, 2.05) is 0 Å². The third kappa shape index (κ3) is 3.64. The minimum absolute atomic E-state index is 0.00903. The van der Waals surface area contributed by atoms with Crippen LogP contribution in [0.25, 0.3) is 0 Å². The van der Waals surface area contributed by atoms with E-state index in [0.29, 0.717) is 0 Å². The van der Waals surface area contributed by atoms with Crippen LogP contribution in [0.15, 0.2) is 11.5 Å². The Labute approximate surface area is 121 Å². The molecule has 2 rings (SSSR count). The summed E-state index contributed by atoms with van der Waals surface area (Å²) >= 11 is 0. The van der Waals surface area contributed by atoms with Gasteiger partial charge in [-0.3, -0.25) is 0 Å². The summed E-state index contributed by atoms with van der Waals surface area (Å²) < 4.78 is 9.43. The maximum Gasteiger partial charge on any atom is 0.413 e. The van der Waals surface area contributed by atoms with Gasteiger partial charge < -0.3 is 30.1 Å². The summed E-state index contributed by atoms with van der Waals surface area (Å²) in [6, 6.07) is -0.00903. The number of ether oxygens (including phenoxy) is 2. The van der Waals surface area contributed by atoms with Crippen molar-refractivity contribution in [3.63, 3.8) is 0 Å². The van der Waals surface area contributed by atoms with Crippen LogP contribution in [0.2, 0.25) is 0 Å². The van der Waals surface area contributed by atoms with Crippen molar-refractivity contribution in [2.75, 3.05) is 6.61 Å². The minimum atomic E-state index is -1.48. The van der Waals surface area contributed by atoms with E-state index in [0.717, 1.165) is 32.1 Å². The molecule has 0 spiro atoms. The zero-order valence-corrected chi connectivity index (χ0v) is 11.4. The average Bonchev–Trinajstić information content (AvgIpc) is 2.75. The van der Waals surface area contributed by atoms with Gasteiger partial charge in [0.05, 0.1) is 6.61 Å². The molecule has 0 bridgehead atoms. The molecule has 1 fully saturated rings. The number of nitrogens with one attached hydrogen (secondary N) is 1. The number of esters is 1. The van der Waals surface area contributed by atoms with E-state index >= 15 is 0 Å². The highest BCUT2D eigenvalue weighted by atomic mass is 16.6.